The summed E-state index contributed by atoms with van der Waals surface area (Å²) in [5.41, 5.74) is 6.33. The summed E-state index contributed by atoms with van der Waals surface area (Å²) >= 11 is 0. The van der Waals surface area contributed by atoms with Crippen LogP contribution in [-0.4, -0.2) is 30.1 Å². The van der Waals surface area contributed by atoms with Crippen LogP contribution in [0.4, 0.5) is 0 Å². The topological polar surface area (TPSA) is 9.23 Å². The summed E-state index contributed by atoms with van der Waals surface area (Å²) in [7, 11) is -6.17. The molecule has 0 atom stereocenters. The molecule has 34 heavy (non-hydrogen) atoms. The van der Waals surface area contributed by atoms with E-state index in [-0.39, 0.29) is 5.04 Å². The van der Waals surface area contributed by atoms with Gasteiger partial charge in [0.1, 0.15) is 16.1 Å². The monoisotopic (exact) mass is 502 g/mol. The Morgan fingerprint density at radius 3 is 1.41 bits per heavy atom. The summed E-state index contributed by atoms with van der Waals surface area (Å²) < 4.78 is 7.56. The molecule has 0 aromatic heterocycles. The van der Waals surface area contributed by atoms with Gasteiger partial charge in [0, 0.05) is 6.42 Å². The van der Waals surface area contributed by atoms with Gasteiger partial charge in [0.25, 0.3) is 8.32 Å². The van der Waals surface area contributed by atoms with Gasteiger partial charge in [0.05, 0.1) is 0 Å². The van der Waals surface area contributed by atoms with E-state index in [1.54, 1.807) is 0 Å². The van der Waals surface area contributed by atoms with Crippen molar-refractivity contribution in [2.75, 3.05) is 0 Å². The van der Waals surface area contributed by atoms with Crippen molar-refractivity contribution in [1.82, 2.24) is 0 Å². The van der Waals surface area contributed by atoms with Gasteiger partial charge in [-0.3, -0.25) is 0 Å². The van der Waals surface area contributed by atoms with Crippen LogP contribution in [0.15, 0.2) is 73.3 Å². The van der Waals surface area contributed by atoms with Gasteiger partial charge in [-0.05, 0) is 15.4 Å². The van der Waals surface area contributed by atoms with Crippen LogP contribution in [-0.2, 0) is 4.43 Å². The molecule has 0 bridgehead atoms. The van der Waals surface area contributed by atoms with E-state index in [2.05, 4.69) is 150 Å². The first-order valence-electron chi connectivity index (χ1n) is 12.1. The fourth-order valence-corrected chi connectivity index (χ4v) is 9.71. The number of hydrogen-bond acceptors (Lipinski definition) is 1. The van der Waals surface area contributed by atoms with Crippen molar-refractivity contribution >= 4 is 34.8 Å². The van der Waals surface area contributed by atoms with Crippen molar-refractivity contribution in [3.05, 3.63) is 73.3 Å². The van der Waals surface area contributed by atoms with Crippen molar-refractivity contribution in [3.8, 4) is 22.9 Å². The fourth-order valence-electron chi connectivity index (χ4n) is 3.92. The average Bonchev–Trinajstić information content (AvgIpc) is 2.74. The zero-order valence-corrected chi connectivity index (χ0v) is 25.7. The van der Waals surface area contributed by atoms with Gasteiger partial charge in [-0.2, -0.15) is 0 Å². The smallest absolute Gasteiger partial charge is 0.264 e. The van der Waals surface area contributed by atoms with Gasteiger partial charge in [0.15, 0.2) is 5.60 Å². The largest absolute Gasteiger partial charge is 0.382 e. The van der Waals surface area contributed by atoms with Crippen molar-refractivity contribution in [3.63, 3.8) is 0 Å². The third-order valence-corrected chi connectivity index (χ3v) is 12.3. The van der Waals surface area contributed by atoms with Crippen LogP contribution in [0.2, 0.25) is 44.3 Å². The number of hydrogen-bond donors (Lipinski definition) is 0. The molecule has 0 radical (unpaired) electrons. The van der Waals surface area contributed by atoms with E-state index in [1.165, 1.54) is 10.4 Å². The molecule has 0 N–H and O–H groups in total. The second-order valence-corrected chi connectivity index (χ2v) is 25.8. The van der Waals surface area contributed by atoms with Crippen LogP contribution >= 0.6 is 0 Å². The minimum Gasteiger partial charge on any atom is -0.382 e. The van der Waals surface area contributed by atoms with Crippen molar-refractivity contribution < 1.29 is 4.43 Å². The van der Waals surface area contributed by atoms with E-state index >= 15 is 0 Å². The van der Waals surface area contributed by atoms with Crippen LogP contribution < -0.4 is 10.4 Å². The lowest BCUT2D eigenvalue weighted by Gasteiger charge is -2.46. The molecule has 0 aliphatic carbocycles. The lowest BCUT2D eigenvalue weighted by atomic mass is 10.0. The highest BCUT2D eigenvalue weighted by Gasteiger charge is 2.54. The molecule has 2 aromatic rings. The normalized spacial score (nSPS) is 12.7. The van der Waals surface area contributed by atoms with E-state index in [9.17, 15) is 0 Å². The van der Waals surface area contributed by atoms with Gasteiger partial charge in [-0.15, -0.1) is 17.7 Å². The van der Waals surface area contributed by atoms with E-state index in [4.69, 9.17) is 4.43 Å². The Kier molecular flexibility index (Phi) is 8.83. The molecule has 0 aliphatic rings. The second kappa shape index (κ2) is 10.7. The summed E-state index contributed by atoms with van der Waals surface area (Å²) in [4.78, 5) is 0. The Bertz CT molecular complexity index is 1010. The van der Waals surface area contributed by atoms with Gasteiger partial charge >= 0.3 is 0 Å². The molecule has 4 heteroatoms. The molecule has 180 valence electrons. The molecule has 0 saturated carbocycles. The van der Waals surface area contributed by atoms with E-state index < -0.39 is 30.1 Å². The Hall–Kier alpha value is -2.09. The molecule has 0 unspecified atom stereocenters. The highest BCUT2D eigenvalue weighted by Crippen LogP contribution is 2.40. The Morgan fingerprint density at radius 2 is 1.12 bits per heavy atom. The fraction of sp³-hybridized carbons (Fsp3) is 0.400. The zero-order chi connectivity index (χ0) is 25.7. The van der Waals surface area contributed by atoms with Gasteiger partial charge in [-0.1, -0.05) is 139 Å². The van der Waals surface area contributed by atoms with Crippen LogP contribution in [0.5, 0.6) is 0 Å². The molecule has 0 aliphatic heterocycles. The highest BCUT2D eigenvalue weighted by molar-refractivity contribution is 6.99. The third-order valence-electron chi connectivity index (χ3n) is 5.45. The van der Waals surface area contributed by atoms with Crippen molar-refractivity contribution in [2.45, 2.75) is 77.1 Å². The van der Waals surface area contributed by atoms with Gasteiger partial charge < -0.3 is 4.43 Å². The molecule has 0 fully saturated rings. The highest BCUT2D eigenvalue weighted by atomic mass is 28.4. The maximum Gasteiger partial charge on any atom is 0.264 e. The van der Waals surface area contributed by atoms with E-state index in [0.717, 1.165) is 0 Å². The maximum absolute atomic E-state index is 7.56. The van der Waals surface area contributed by atoms with Crippen molar-refractivity contribution in [1.29, 1.82) is 0 Å². The van der Waals surface area contributed by atoms with Crippen LogP contribution in [0, 0.1) is 22.9 Å². The molecule has 0 saturated heterocycles. The van der Waals surface area contributed by atoms with E-state index in [0.29, 0.717) is 6.42 Å². The molecule has 2 aromatic carbocycles. The predicted molar refractivity (Wildman–Crippen MR) is 158 cm³/mol. The average molecular weight is 503 g/mol. The first-order chi connectivity index (χ1) is 15.6. The Morgan fingerprint density at radius 1 is 0.735 bits per heavy atom. The third kappa shape index (κ3) is 7.20. The maximum atomic E-state index is 7.56. The summed E-state index contributed by atoms with van der Waals surface area (Å²) in [5, 5.41) is 2.34. The molecule has 0 spiro atoms. The lowest BCUT2D eigenvalue weighted by Crippen LogP contribution is -2.69. The minimum atomic E-state index is -2.84. The summed E-state index contributed by atoms with van der Waals surface area (Å²) in [6.45, 7) is 24.6. The summed E-state index contributed by atoms with van der Waals surface area (Å²) in [6.07, 6.45) is 2.50. The first-order valence-corrected chi connectivity index (χ1v) is 21.1. The van der Waals surface area contributed by atoms with Crippen LogP contribution in [0.1, 0.15) is 27.2 Å². The quantitative estimate of drug-likeness (QED) is 0.244. The van der Waals surface area contributed by atoms with Gasteiger partial charge in [-0.25, -0.2) is 0 Å². The van der Waals surface area contributed by atoms with Crippen molar-refractivity contribution in [2.24, 2.45) is 0 Å². The zero-order valence-electron chi connectivity index (χ0n) is 22.7. The molecule has 0 heterocycles. The molecular formula is C30H42OSi3. The second-order valence-electron chi connectivity index (χ2n) is 12.1. The molecular weight excluding hydrogens is 461 g/mol. The lowest BCUT2D eigenvalue weighted by molar-refractivity contribution is 0.180. The van der Waals surface area contributed by atoms with E-state index in [1.807, 2.05) is 6.08 Å². The summed E-state index contributed by atoms with van der Waals surface area (Å²) in [5.74, 6) is 7.23. The Balaban J connectivity index is 2.97. The van der Waals surface area contributed by atoms with Crippen LogP contribution in [0.3, 0.4) is 0 Å². The number of rotatable bonds is 6. The van der Waals surface area contributed by atoms with Crippen LogP contribution in [0.25, 0.3) is 0 Å². The first kappa shape index (κ1) is 28.2. The Labute approximate surface area is 212 Å². The molecule has 2 rings (SSSR count). The standard InChI is InChI=1S/C30H42OSi3/c1-11-22-30(23-25-32(5,6)7,24-26-33(8,9)10)31-34(29(2,3)4,27-18-14-12-15-19-27)28-20-16-13-17-21-28/h11-21H,1,22H2,2-10H3. The molecule has 0 amide bonds. The SMILES string of the molecule is C=CCC(C#C[Si](C)(C)C)(C#C[Si](C)(C)C)O[Si](c1ccccc1)(c1ccccc1)C(C)(C)C. The van der Waals surface area contributed by atoms with Gasteiger partial charge in [0.2, 0.25) is 0 Å². The molecule has 1 nitrogen and oxygen atoms in total. The minimum absolute atomic E-state index is 0.149. The predicted octanol–water partition coefficient (Wildman–Crippen LogP) is 6.64. The number of benzene rings is 2. The summed E-state index contributed by atoms with van der Waals surface area (Å²) in [6, 6.07) is 21.5.